The number of likely N-dealkylation sites (tertiary alicyclic amines) is 1. The lowest BCUT2D eigenvalue weighted by Crippen LogP contribution is -2.50. The molecule has 6 rings (SSSR count). The second-order valence-electron chi connectivity index (χ2n) is 9.64. The van der Waals surface area contributed by atoms with Crippen molar-refractivity contribution in [1.29, 1.82) is 0 Å². The second kappa shape index (κ2) is 7.55. The van der Waals surface area contributed by atoms with Crippen molar-refractivity contribution in [3.8, 4) is 0 Å². The first-order chi connectivity index (χ1) is 16.8. The summed E-state index contributed by atoms with van der Waals surface area (Å²) in [5.41, 5.74) is 1.99. The third-order valence-electron chi connectivity index (χ3n) is 7.48. The smallest absolute Gasteiger partial charge is 0.237 e. The highest BCUT2D eigenvalue weighted by Crippen LogP contribution is 2.57. The average Bonchev–Trinajstić information content (AvgIpc) is 3.42. The van der Waals surface area contributed by atoms with Gasteiger partial charge in [-0.2, -0.15) is 0 Å². The standard InChI is InChI=1S/C29H23NO5/c1-16-7-11-18(12-8-16)15-30-27(33)22-23(28(30)34)29(35-24(22)19-13-9-17(2)10-14-19)25(31)20-5-3-4-6-21(20)26(29)32/h3-14,22-24H,15H2,1-2H3/t22-,23-,24-/m1/s1. The molecule has 174 valence electrons. The summed E-state index contributed by atoms with van der Waals surface area (Å²) < 4.78 is 6.30. The van der Waals surface area contributed by atoms with Gasteiger partial charge in [-0.15, -0.1) is 0 Å². The van der Waals surface area contributed by atoms with Crippen molar-refractivity contribution >= 4 is 23.4 Å². The fourth-order valence-corrected chi connectivity index (χ4v) is 5.67. The summed E-state index contributed by atoms with van der Waals surface area (Å²) in [5.74, 6) is -4.21. The summed E-state index contributed by atoms with van der Waals surface area (Å²) in [6.45, 7) is 3.98. The molecule has 2 aliphatic heterocycles. The van der Waals surface area contributed by atoms with E-state index in [2.05, 4.69) is 0 Å². The lowest BCUT2D eigenvalue weighted by Gasteiger charge is -2.27. The van der Waals surface area contributed by atoms with Crippen LogP contribution in [-0.2, 0) is 20.9 Å². The van der Waals surface area contributed by atoms with Gasteiger partial charge in [0.25, 0.3) is 0 Å². The molecular formula is C29H23NO5. The van der Waals surface area contributed by atoms with Crippen LogP contribution in [0.1, 0.15) is 49.1 Å². The first-order valence-electron chi connectivity index (χ1n) is 11.7. The molecule has 1 aliphatic carbocycles. The number of carbonyl (C=O) groups is 4. The predicted molar refractivity (Wildman–Crippen MR) is 127 cm³/mol. The Morgan fingerprint density at radius 1 is 0.743 bits per heavy atom. The molecule has 3 aromatic rings. The lowest BCUT2D eigenvalue weighted by atomic mass is 9.77. The number of ether oxygens (including phenoxy) is 1. The van der Waals surface area contributed by atoms with Crippen molar-refractivity contribution in [3.05, 3.63) is 106 Å². The molecule has 2 amide bonds. The molecule has 0 radical (unpaired) electrons. The molecule has 2 fully saturated rings. The van der Waals surface area contributed by atoms with E-state index in [4.69, 9.17) is 4.74 Å². The zero-order valence-corrected chi connectivity index (χ0v) is 19.4. The van der Waals surface area contributed by atoms with Crippen molar-refractivity contribution < 1.29 is 23.9 Å². The highest BCUT2D eigenvalue weighted by Gasteiger charge is 2.74. The number of carbonyl (C=O) groups excluding carboxylic acids is 4. The number of fused-ring (bicyclic) bond motifs is 3. The number of imide groups is 1. The van der Waals surface area contributed by atoms with Crippen LogP contribution in [-0.4, -0.2) is 33.9 Å². The molecule has 3 atom stereocenters. The van der Waals surface area contributed by atoms with E-state index in [9.17, 15) is 19.2 Å². The van der Waals surface area contributed by atoms with Gasteiger partial charge in [0.1, 0.15) is 0 Å². The summed E-state index contributed by atoms with van der Waals surface area (Å²) in [5, 5.41) is 0. The topological polar surface area (TPSA) is 80.8 Å². The van der Waals surface area contributed by atoms with Crippen molar-refractivity contribution in [3.63, 3.8) is 0 Å². The maximum Gasteiger partial charge on any atom is 0.237 e. The highest BCUT2D eigenvalue weighted by molar-refractivity contribution is 6.35. The fourth-order valence-electron chi connectivity index (χ4n) is 5.67. The Kier molecular flexibility index (Phi) is 4.66. The number of rotatable bonds is 3. The van der Waals surface area contributed by atoms with Crippen LogP contribution in [0.3, 0.4) is 0 Å². The Morgan fingerprint density at radius 3 is 1.86 bits per heavy atom. The Balaban J connectivity index is 1.48. The van der Waals surface area contributed by atoms with Gasteiger partial charge in [-0.25, -0.2) is 0 Å². The molecule has 35 heavy (non-hydrogen) atoms. The normalized spacial score (nSPS) is 24.4. The summed E-state index contributed by atoms with van der Waals surface area (Å²) in [7, 11) is 0. The van der Waals surface area contributed by atoms with E-state index in [0.717, 1.165) is 16.7 Å². The summed E-state index contributed by atoms with van der Waals surface area (Å²) >= 11 is 0. The zero-order valence-electron chi connectivity index (χ0n) is 19.4. The largest absolute Gasteiger partial charge is 0.349 e. The molecule has 3 aliphatic rings. The van der Waals surface area contributed by atoms with E-state index >= 15 is 0 Å². The molecule has 0 saturated carbocycles. The van der Waals surface area contributed by atoms with Gasteiger partial charge in [-0.1, -0.05) is 83.9 Å². The van der Waals surface area contributed by atoms with Crippen LogP contribution in [0.25, 0.3) is 0 Å². The molecule has 6 heteroatoms. The van der Waals surface area contributed by atoms with Gasteiger partial charge in [0, 0.05) is 11.1 Å². The quantitative estimate of drug-likeness (QED) is 0.432. The lowest BCUT2D eigenvalue weighted by molar-refractivity contribution is -0.145. The third-order valence-corrected chi connectivity index (χ3v) is 7.48. The maximum absolute atomic E-state index is 13.8. The Morgan fingerprint density at radius 2 is 1.29 bits per heavy atom. The van der Waals surface area contributed by atoms with E-state index in [1.807, 2.05) is 62.4 Å². The monoisotopic (exact) mass is 465 g/mol. The van der Waals surface area contributed by atoms with Gasteiger partial charge in [0.15, 0.2) is 0 Å². The molecular weight excluding hydrogens is 442 g/mol. The van der Waals surface area contributed by atoms with E-state index in [0.29, 0.717) is 5.56 Å². The molecule has 2 heterocycles. The first-order valence-corrected chi connectivity index (χ1v) is 11.7. The molecule has 0 aromatic heterocycles. The van der Waals surface area contributed by atoms with Gasteiger partial charge >= 0.3 is 0 Å². The molecule has 0 bridgehead atoms. The third kappa shape index (κ3) is 2.93. The van der Waals surface area contributed by atoms with Crippen LogP contribution >= 0.6 is 0 Å². The number of amides is 2. The van der Waals surface area contributed by atoms with Crippen molar-refractivity contribution in [1.82, 2.24) is 4.90 Å². The predicted octanol–water partition coefficient (Wildman–Crippen LogP) is 3.99. The van der Waals surface area contributed by atoms with Crippen LogP contribution in [0, 0.1) is 25.7 Å². The van der Waals surface area contributed by atoms with Gasteiger partial charge in [-0.05, 0) is 25.0 Å². The SMILES string of the molecule is Cc1ccc(CN2C(=O)[C@H]3[C@@H](c4ccc(C)cc4)OC4(C(=O)c5ccccc5C4=O)[C@H]3C2=O)cc1. The molecule has 6 nitrogen and oxygen atoms in total. The Labute approximate surface area is 202 Å². The number of aryl methyl sites for hydroxylation is 2. The average molecular weight is 466 g/mol. The number of benzene rings is 3. The van der Waals surface area contributed by atoms with Crippen LogP contribution in [0.4, 0.5) is 0 Å². The number of ketones is 2. The first kappa shape index (κ1) is 21.6. The number of nitrogens with zero attached hydrogens (tertiary/aromatic N) is 1. The Bertz CT molecular complexity index is 1370. The summed E-state index contributed by atoms with van der Waals surface area (Å²) in [6.07, 6.45) is -0.887. The number of Topliss-reactive ketones (excluding diaryl/α,β-unsaturated/α-hetero) is 2. The van der Waals surface area contributed by atoms with E-state index in [1.54, 1.807) is 24.3 Å². The molecule has 0 unspecified atom stereocenters. The minimum atomic E-state index is -2.03. The molecule has 3 aromatic carbocycles. The zero-order chi connectivity index (χ0) is 24.5. The second-order valence-corrected chi connectivity index (χ2v) is 9.64. The minimum absolute atomic E-state index is 0.0803. The van der Waals surface area contributed by atoms with Crippen LogP contribution in [0.2, 0.25) is 0 Å². The van der Waals surface area contributed by atoms with Gasteiger partial charge < -0.3 is 4.74 Å². The van der Waals surface area contributed by atoms with Gasteiger partial charge in [0.05, 0.1) is 24.5 Å². The number of hydrogen-bond acceptors (Lipinski definition) is 5. The van der Waals surface area contributed by atoms with Crippen LogP contribution < -0.4 is 0 Å². The summed E-state index contributed by atoms with van der Waals surface area (Å²) in [4.78, 5) is 56.2. The molecule has 1 spiro atoms. The van der Waals surface area contributed by atoms with Gasteiger partial charge in [-0.3, -0.25) is 24.1 Å². The van der Waals surface area contributed by atoms with Crippen molar-refractivity contribution in [2.75, 3.05) is 0 Å². The van der Waals surface area contributed by atoms with Crippen LogP contribution in [0.15, 0.2) is 72.8 Å². The minimum Gasteiger partial charge on any atom is -0.349 e. The van der Waals surface area contributed by atoms with Crippen LogP contribution in [0.5, 0.6) is 0 Å². The highest BCUT2D eigenvalue weighted by atomic mass is 16.5. The van der Waals surface area contributed by atoms with E-state index in [-0.39, 0.29) is 17.7 Å². The van der Waals surface area contributed by atoms with E-state index in [1.165, 1.54) is 4.90 Å². The van der Waals surface area contributed by atoms with Crippen molar-refractivity contribution in [2.24, 2.45) is 11.8 Å². The maximum atomic E-state index is 13.8. The summed E-state index contributed by atoms with van der Waals surface area (Å²) in [6, 6.07) is 21.5. The fraction of sp³-hybridized carbons (Fsp3) is 0.241. The van der Waals surface area contributed by atoms with E-state index < -0.39 is 46.9 Å². The Hall–Kier alpha value is -3.90. The molecule has 0 N–H and O–H groups in total. The number of hydrogen-bond donors (Lipinski definition) is 0. The van der Waals surface area contributed by atoms with Gasteiger partial charge in [0.2, 0.25) is 29.0 Å². The molecule has 2 saturated heterocycles. The van der Waals surface area contributed by atoms with Crippen molar-refractivity contribution in [2.45, 2.75) is 32.1 Å².